The van der Waals surface area contributed by atoms with E-state index in [0.29, 0.717) is 75.3 Å². The van der Waals surface area contributed by atoms with E-state index in [-0.39, 0.29) is 82.9 Å². The maximum Gasteiger partial charge on any atom is 0.433 e. The van der Waals surface area contributed by atoms with Crippen LogP contribution in [0, 0.1) is 11.2 Å². The van der Waals surface area contributed by atoms with Crippen LogP contribution in [0.25, 0.3) is 0 Å². The smallest absolute Gasteiger partial charge is 0.433 e. The fourth-order valence-corrected chi connectivity index (χ4v) is 11.7. The Kier molecular flexibility index (Phi) is 13.0. The molecule has 1 aromatic heterocycles. The van der Waals surface area contributed by atoms with Gasteiger partial charge in [-0.2, -0.15) is 13.2 Å². The molecule has 3 aromatic carbocycles. The zero-order valence-corrected chi connectivity index (χ0v) is 40.7. The van der Waals surface area contributed by atoms with Crippen LogP contribution in [-0.2, 0) is 37.3 Å². The molecule has 380 valence electrons. The monoisotopic (exact) mass is 1010 g/mol. The van der Waals surface area contributed by atoms with Crippen molar-refractivity contribution in [2.75, 3.05) is 61.5 Å². The van der Waals surface area contributed by atoms with Crippen LogP contribution in [0.4, 0.5) is 34.6 Å². The van der Waals surface area contributed by atoms with Gasteiger partial charge < -0.3 is 40.1 Å². The fourth-order valence-electron chi connectivity index (χ4n) is 11.5. The first kappa shape index (κ1) is 49.3. The molecule has 4 aromatic rings. The van der Waals surface area contributed by atoms with Crippen molar-refractivity contribution in [2.45, 2.75) is 101 Å². The standard InChI is InChI=1S/C52H55ClF4N8O7/c1-50(2,3)24-41-51(27-59-37-23-40(52(55,56)57)58-25-34(37)51)43(33-5-4-6-35(53)44(33)54)45(61-41)47(68)60-36-10-7-28(22-39(36)72-31-13-19-71-20-14-31)48(69)64-17-15-63(16-18-64)30-8-9-32-29(21-30)26-65(49(32)70)38-11-12-42(66)62-46(38)67/h4-10,21-23,25,31,38,41,43,45,59,61H,11-20,24,26-27H2,1-3H3,(H,60,68)(H,62,66,67)/t38?,41-,43-,45+,51-/m0/s1. The largest absolute Gasteiger partial charge is 0.488 e. The van der Waals surface area contributed by atoms with Gasteiger partial charge in [0.05, 0.1) is 30.0 Å². The Morgan fingerprint density at radius 2 is 1.74 bits per heavy atom. The minimum absolute atomic E-state index is 0.0716. The first-order valence-electron chi connectivity index (χ1n) is 24.3. The van der Waals surface area contributed by atoms with Crippen molar-refractivity contribution in [2.24, 2.45) is 5.41 Å². The van der Waals surface area contributed by atoms with Crippen molar-refractivity contribution in [3.63, 3.8) is 0 Å². The number of benzene rings is 3. The number of nitrogens with one attached hydrogen (secondary N) is 4. The van der Waals surface area contributed by atoms with Gasteiger partial charge in [0.15, 0.2) is 0 Å². The number of pyridine rings is 1. The molecule has 1 spiro atoms. The van der Waals surface area contributed by atoms with E-state index in [1.54, 1.807) is 41.3 Å². The highest BCUT2D eigenvalue weighted by Crippen LogP contribution is 2.57. The van der Waals surface area contributed by atoms with E-state index in [0.717, 1.165) is 17.3 Å². The molecule has 4 fully saturated rings. The van der Waals surface area contributed by atoms with Gasteiger partial charge in [-0.15, -0.1) is 0 Å². The number of anilines is 3. The SMILES string of the molecule is CC(C)(C)C[C@@H]1N[C@@H](C(=O)Nc2ccc(C(=O)N3CCN(c4ccc5c(c4)CN(C4CCC(=O)NC4=O)C5=O)CC3)cc2OC2CCOCC2)[C@H](c2cccc(Cl)c2F)[C@]12CNc1cc(C(F)(F)F)ncc12. The molecule has 15 nitrogen and oxygen atoms in total. The molecule has 0 radical (unpaired) electrons. The Hall–Kier alpha value is -6.31. The number of carbonyl (C=O) groups is 5. The normalized spacial score (nSPS) is 24.6. The van der Waals surface area contributed by atoms with Crippen LogP contribution in [0.15, 0.2) is 66.9 Å². The number of alkyl halides is 3. The van der Waals surface area contributed by atoms with Crippen LogP contribution in [0.5, 0.6) is 5.75 Å². The van der Waals surface area contributed by atoms with Gasteiger partial charge in [-0.3, -0.25) is 34.3 Å². The van der Waals surface area contributed by atoms with Gasteiger partial charge >= 0.3 is 6.18 Å². The first-order valence-corrected chi connectivity index (χ1v) is 24.7. The van der Waals surface area contributed by atoms with E-state index in [2.05, 4.69) is 31.2 Å². The molecule has 72 heavy (non-hydrogen) atoms. The molecule has 6 aliphatic heterocycles. The van der Waals surface area contributed by atoms with E-state index in [1.807, 2.05) is 32.9 Å². The van der Waals surface area contributed by atoms with Crippen LogP contribution in [0.3, 0.4) is 0 Å². The molecule has 4 N–H and O–H groups in total. The summed E-state index contributed by atoms with van der Waals surface area (Å²) in [7, 11) is 0. The summed E-state index contributed by atoms with van der Waals surface area (Å²) in [5, 5.41) is 11.9. The number of piperidine rings is 1. The molecule has 10 rings (SSSR count). The third-order valence-electron chi connectivity index (χ3n) is 15.0. The van der Waals surface area contributed by atoms with Crippen molar-refractivity contribution in [3.8, 4) is 5.75 Å². The van der Waals surface area contributed by atoms with Crippen LogP contribution >= 0.6 is 11.6 Å². The molecular weight excluding hydrogens is 960 g/mol. The summed E-state index contributed by atoms with van der Waals surface area (Å²) in [5.41, 5.74) is 0.883. The Balaban J connectivity index is 0.906. The number of hydrogen-bond donors (Lipinski definition) is 4. The van der Waals surface area contributed by atoms with Gasteiger partial charge in [0.2, 0.25) is 17.7 Å². The number of piperazine rings is 1. The topological polar surface area (TPSA) is 175 Å². The van der Waals surface area contributed by atoms with Crippen molar-refractivity contribution in [3.05, 3.63) is 111 Å². The van der Waals surface area contributed by atoms with E-state index < -0.39 is 59.0 Å². The maximum atomic E-state index is 16.5. The van der Waals surface area contributed by atoms with E-state index in [1.165, 1.54) is 17.2 Å². The zero-order chi connectivity index (χ0) is 50.9. The van der Waals surface area contributed by atoms with Crippen molar-refractivity contribution < 1.29 is 51.0 Å². The fraction of sp³-hybridized carbons (Fsp3) is 0.462. The number of carbonyl (C=O) groups excluding carboxylic acids is 5. The third-order valence-corrected chi connectivity index (χ3v) is 15.3. The van der Waals surface area contributed by atoms with E-state index in [4.69, 9.17) is 21.1 Å². The zero-order valence-electron chi connectivity index (χ0n) is 40.0. The van der Waals surface area contributed by atoms with Gasteiger partial charge in [0.1, 0.15) is 29.4 Å². The quantitative estimate of drug-likeness (QED) is 0.100. The lowest BCUT2D eigenvalue weighted by Gasteiger charge is -2.39. The first-order chi connectivity index (χ1) is 34.3. The molecule has 0 bridgehead atoms. The van der Waals surface area contributed by atoms with Crippen LogP contribution in [-0.4, -0.2) is 114 Å². The number of nitrogens with zero attached hydrogens (tertiary/aromatic N) is 4. The maximum absolute atomic E-state index is 16.5. The molecule has 0 saturated carbocycles. The van der Waals surface area contributed by atoms with Crippen molar-refractivity contribution >= 4 is 58.2 Å². The Bertz CT molecular complexity index is 2850. The number of hydrogen-bond acceptors (Lipinski definition) is 11. The van der Waals surface area contributed by atoms with Gasteiger partial charge in [-0.05, 0) is 77.9 Å². The number of imide groups is 1. The summed E-state index contributed by atoms with van der Waals surface area (Å²) < 4.78 is 70.6. The van der Waals surface area contributed by atoms with Crippen molar-refractivity contribution in [1.29, 1.82) is 0 Å². The van der Waals surface area contributed by atoms with Crippen molar-refractivity contribution in [1.82, 2.24) is 25.4 Å². The number of rotatable bonds is 9. The highest BCUT2D eigenvalue weighted by Gasteiger charge is 2.62. The molecule has 6 aliphatic rings. The minimum Gasteiger partial charge on any atom is -0.488 e. The molecule has 0 aliphatic carbocycles. The summed E-state index contributed by atoms with van der Waals surface area (Å²) >= 11 is 6.42. The van der Waals surface area contributed by atoms with Gasteiger partial charge in [0.25, 0.3) is 11.8 Å². The average Bonchev–Trinajstić information content (AvgIpc) is 4.00. The number of ether oxygens (including phenoxy) is 2. The second-order valence-electron chi connectivity index (χ2n) is 20.7. The summed E-state index contributed by atoms with van der Waals surface area (Å²) in [6.45, 7) is 9.02. The second-order valence-corrected chi connectivity index (χ2v) is 21.1. The number of aromatic nitrogens is 1. The molecular formula is C52H55ClF4N8O7. The Labute approximate surface area is 418 Å². The van der Waals surface area contributed by atoms with E-state index >= 15 is 9.18 Å². The summed E-state index contributed by atoms with van der Waals surface area (Å²) in [6.07, 6.45) is -1.82. The highest BCUT2D eigenvalue weighted by molar-refractivity contribution is 6.30. The lowest BCUT2D eigenvalue weighted by molar-refractivity contribution is -0.141. The predicted molar refractivity (Wildman–Crippen MR) is 258 cm³/mol. The van der Waals surface area contributed by atoms with Gasteiger partial charge in [0, 0.05) is 110 Å². The molecule has 5 atom stereocenters. The molecule has 1 unspecified atom stereocenters. The number of halogens is 5. The Morgan fingerprint density at radius 1 is 0.972 bits per heavy atom. The molecule has 4 saturated heterocycles. The molecule has 5 amide bonds. The number of amides is 5. The lowest BCUT2D eigenvalue weighted by atomic mass is 9.63. The summed E-state index contributed by atoms with van der Waals surface area (Å²) in [5.74, 6) is -3.38. The minimum atomic E-state index is -4.72. The summed E-state index contributed by atoms with van der Waals surface area (Å²) in [6, 6.07) is 13.5. The predicted octanol–water partition coefficient (Wildman–Crippen LogP) is 7.04. The van der Waals surface area contributed by atoms with Gasteiger partial charge in [-0.1, -0.05) is 44.5 Å². The van der Waals surface area contributed by atoms with Crippen LogP contribution in [0.1, 0.15) is 102 Å². The van der Waals surface area contributed by atoms with E-state index in [9.17, 15) is 32.3 Å². The average molecular weight is 1020 g/mol. The van der Waals surface area contributed by atoms with Crippen LogP contribution in [0.2, 0.25) is 5.02 Å². The number of fused-ring (bicyclic) bond motifs is 3. The van der Waals surface area contributed by atoms with Gasteiger partial charge in [-0.25, -0.2) is 4.39 Å². The Morgan fingerprint density at radius 3 is 2.46 bits per heavy atom. The van der Waals surface area contributed by atoms with Crippen LogP contribution < -0.4 is 30.9 Å². The lowest BCUT2D eigenvalue weighted by Crippen LogP contribution is -2.52. The highest BCUT2D eigenvalue weighted by atomic mass is 35.5. The third kappa shape index (κ3) is 9.23. The molecule has 20 heteroatoms. The summed E-state index contributed by atoms with van der Waals surface area (Å²) in [4.78, 5) is 76.2. The second kappa shape index (κ2) is 18.9. The molecule has 7 heterocycles.